The zero-order valence-corrected chi connectivity index (χ0v) is 20.9. The fourth-order valence-electron chi connectivity index (χ4n) is 3.70. The fourth-order valence-corrected chi connectivity index (χ4v) is 4.93. The van der Waals surface area contributed by atoms with Crippen molar-refractivity contribution in [3.8, 4) is 0 Å². The monoisotopic (exact) mass is 533 g/mol. The maximum atomic E-state index is 12.9. The Kier molecular flexibility index (Phi) is 7.20. The van der Waals surface area contributed by atoms with Crippen molar-refractivity contribution in [2.45, 2.75) is 17.2 Å². The Balaban J connectivity index is 1.47. The van der Waals surface area contributed by atoms with Gasteiger partial charge in [-0.1, -0.05) is 65.7 Å². The number of hydrogen-bond donors (Lipinski definition) is 2. The SMILES string of the molecule is C/C(=N\NC(=O)c1cc(NC(=O)C2C(c3cccc(Cl)c3)C2(Cl)Cl)ccc1Cl)c1ccccc1. The molecule has 1 aliphatic rings. The molecule has 3 aromatic carbocycles. The van der Waals surface area contributed by atoms with Crippen LogP contribution in [0.1, 0.15) is 34.3 Å². The van der Waals surface area contributed by atoms with Crippen LogP contribution >= 0.6 is 46.4 Å². The van der Waals surface area contributed by atoms with Crippen LogP contribution in [0.15, 0.2) is 77.9 Å². The molecule has 9 heteroatoms. The van der Waals surface area contributed by atoms with Crippen LogP contribution in [-0.2, 0) is 4.79 Å². The van der Waals surface area contributed by atoms with E-state index in [1.807, 2.05) is 36.4 Å². The summed E-state index contributed by atoms with van der Waals surface area (Å²) in [7, 11) is 0. The van der Waals surface area contributed by atoms with E-state index in [9.17, 15) is 9.59 Å². The number of carbonyl (C=O) groups excluding carboxylic acids is 2. The number of nitrogens with zero attached hydrogens (tertiary/aromatic N) is 1. The van der Waals surface area contributed by atoms with E-state index >= 15 is 0 Å². The third kappa shape index (κ3) is 5.23. The molecule has 1 aliphatic carbocycles. The van der Waals surface area contributed by atoms with E-state index in [2.05, 4.69) is 15.8 Å². The summed E-state index contributed by atoms with van der Waals surface area (Å²) >= 11 is 25.1. The van der Waals surface area contributed by atoms with Crippen molar-refractivity contribution in [3.63, 3.8) is 0 Å². The van der Waals surface area contributed by atoms with Gasteiger partial charge in [0.1, 0.15) is 4.33 Å². The highest BCUT2D eigenvalue weighted by Crippen LogP contribution is 2.65. The van der Waals surface area contributed by atoms with E-state index < -0.39 is 22.1 Å². The number of amides is 2. The summed E-state index contributed by atoms with van der Waals surface area (Å²) in [4.78, 5) is 25.6. The number of hydrogen-bond acceptors (Lipinski definition) is 3. The first-order chi connectivity index (χ1) is 16.2. The van der Waals surface area contributed by atoms with Crippen molar-refractivity contribution in [2.24, 2.45) is 11.0 Å². The molecular weight excluding hydrogens is 516 g/mol. The summed E-state index contributed by atoms with van der Waals surface area (Å²) in [6.07, 6.45) is 0. The quantitative estimate of drug-likeness (QED) is 0.210. The zero-order valence-electron chi connectivity index (χ0n) is 17.9. The molecule has 3 aromatic rings. The topological polar surface area (TPSA) is 70.6 Å². The van der Waals surface area contributed by atoms with Gasteiger partial charge in [-0.25, -0.2) is 5.43 Å². The highest BCUT2D eigenvalue weighted by molar-refractivity contribution is 6.53. The summed E-state index contributed by atoms with van der Waals surface area (Å²) in [5.41, 5.74) is 5.33. The highest BCUT2D eigenvalue weighted by Gasteiger charge is 2.67. The molecule has 1 saturated carbocycles. The van der Waals surface area contributed by atoms with Gasteiger partial charge in [0.15, 0.2) is 0 Å². The van der Waals surface area contributed by atoms with Crippen LogP contribution in [0, 0.1) is 5.92 Å². The van der Waals surface area contributed by atoms with Crippen LogP contribution in [0.5, 0.6) is 0 Å². The second kappa shape index (κ2) is 9.96. The van der Waals surface area contributed by atoms with Gasteiger partial charge in [0, 0.05) is 16.6 Å². The standard InChI is InChI=1S/C25H19Cl4N3O2/c1-14(15-6-3-2-4-7-15)31-32-23(33)19-13-18(10-11-20(19)27)30-24(34)22-21(25(22,28)29)16-8-5-9-17(26)12-16/h2-13,21-22H,1H3,(H,30,34)(H,32,33)/b31-14+. The number of alkyl halides is 2. The molecule has 5 nitrogen and oxygen atoms in total. The summed E-state index contributed by atoms with van der Waals surface area (Å²) in [6, 6.07) is 21.1. The maximum absolute atomic E-state index is 12.9. The van der Waals surface area contributed by atoms with Gasteiger partial charge in [-0.05, 0) is 48.4 Å². The Labute approximate surface area is 217 Å². The molecule has 34 heavy (non-hydrogen) atoms. The van der Waals surface area contributed by atoms with Crippen molar-refractivity contribution >= 4 is 69.6 Å². The summed E-state index contributed by atoms with van der Waals surface area (Å²) < 4.78 is -1.26. The number of hydrazone groups is 1. The number of benzene rings is 3. The molecular formula is C25H19Cl4N3O2. The van der Waals surface area contributed by atoms with Crippen LogP contribution in [0.25, 0.3) is 0 Å². The molecule has 4 rings (SSSR count). The van der Waals surface area contributed by atoms with Gasteiger partial charge in [-0.2, -0.15) is 5.10 Å². The van der Waals surface area contributed by atoms with Gasteiger partial charge in [-0.15, -0.1) is 23.2 Å². The van der Waals surface area contributed by atoms with Crippen LogP contribution in [0.2, 0.25) is 10.0 Å². The van der Waals surface area contributed by atoms with Gasteiger partial charge in [0.2, 0.25) is 5.91 Å². The summed E-state index contributed by atoms with van der Waals surface area (Å²) in [6.45, 7) is 1.78. The molecule has 1 fully saturated rings. The Hall–Kier alpha value is -2.57. The number of rotatable bonds is 6. The second-order valence-corrected chi connectivity index (χ2v) is 10.2. The third-order valence-electron chi connectivity index (χ3n) is 5.54. The lowest BCUT2D eigenvalue weighted by Gasteiger charge is -2.09. The van der Waals surface area contributed by atoms with Crippen LogP contribution in [0.3, 0.4) is 0 Å². The predicted molar refractivity (Wildman–Crippen MR) is 138 cm³/mol. The second-order valence-electron chi connectivity index (χ2n) is 7.87. The molecule has 0 radical (unpaired) electrons. The lowest BCUT2D eigenvalue weighted by molar-refractivity contribution is -0.117. The normalized spacial score (nSPS) is 18.8. The molecule has 0 aliphatic heterocycles. The molecule has 0 saturated heterocycles. The molecule has 0 heterocycles. The Morgan fingerprint density at radius 1 is 0.941 bits per heavy atom. The minimum Gasteiger partial charge on any atom is -0.326 e. The van der Waals surface area contributed by atoms with Crippen LogP contribution in [-0.4, -0.2) is 21.9 Å². The van der Waals surface area contributed by atoms with E-state index in [4.69, 9.17) is 46.4 Å². The number of halogens is 4. The van der Waals surface area contributed by atoms with Crippen LogP contribution < -0.4 is 10.7 Å². The molecule has 2 N–H and O–H groups in total. The van der Waals surface area contributed by atoms with E-state index in [1.165, 1.54) is 12.1 Å². The lowest BCUT2D eigenvalue weighted by atomic mass is 10.1. The molecule has 2 amide bonds. The maximum Gasteiger partial charge on any atom is 0.272 e. The minimum atomic E-state index is -1.26. The fraction of sp³-hybridized carbons (Fsp3) is 0.160. The summed E-state index contributed by atoms with van der Waals surface area (Å²) in [5.74, 6) is -1.97. The van der Waals surface area contributed by atoms with Gasteiger partial charge >= 0.3 is 0 Å². The van der Waals surface area contributed by atoms with E-state index in [0.29, 0.717) is 16.4 Å². The zero-order chi connectivity index (χ0) is 24.5. The molecule has 174 valence electrons. The van der Waals surface area contributed by atoms with Crippen molar-refractivity contribution in [2.75, 3.05) is 5.32 Å². The average Bonchev–Trinajstić information content (AvgIpc) is 3.41. The van der Waals surface area contributed by atoms with E-state index in [-0.39, 0.29) is 16.5 Å². The van der Waals surface area contributed by atoms with E-state index in [1.54, 1.807) is 31.2 Å². The number of nitrogens with one attached hydrogen (secondary N) is 2. The van der Waals surface area contributed by atoms with E-state index in [0.717, 1.165) is 11.1 Å². The molecule has 0 bridgehead atoms. The average molecular weight is 535 g/mol. The predicted octanol–water partition coefficient (Wildman–Crippen LogP) is 6.67. The first kappa shape index (κ1) is 24.6. The Morgan fingerprint density at radius 3 is 2.38 bits per heavy atom. The van der Waals surface area contributed by atoms with Gasteiger partial charge in [0.05, 0.1) is 22.2 Å². The molecule has 2 unspecified atom stereocenters. The van der Waals surface area contributed by atoms with Crippen molar-refractivity contribution in [3.05, 3.63) is 99.5 Å². The number of carbonyl (C=O) groups is 2. The molecule has 0 spiro atoms. The Bertz CT molecular complexity index is 1280. The molecule has 0 aromatic heterocycles. The first-order valence-electron chi connectivity index (χ1n) is 10.3. The lowest BCUT2D eigenvalue weighted by Crippen LogP contribution is -2.21. The van der Waals surface area contributed by atoms with Crippen LogP contribution in [0.4, 0.5) is 5.69 Å². The van der Waals surface area contributed by atoms with Gasteiger partial charge in [-0.3, -0.25) is 9.59 Å². The summed E-state index contributed by atoms with van der Waals surface area (Å²) in [5, 5.41) is 7.66. The smallest absolute Gasteiger partial charge is 0.272 e. The third-order valence-corrected chi connectivity index (χ3v) is 7.04. The largest absolute Gasteiger partial charge is 0.326 e. The minimum absolute atomic E-state index is 0.161. The van der Waals surface area contributed by atoms with Gasteiger partial charge in [0.25, 0.3) is 5.91 Å². The number of anilines is 1. The van der Waals surface area contributed by atoms with Crippen molar-refractivity contribution < 1.29 is 9.59 Å². The highest BCUT2D eigenvalue weighted by atomic mass is 35.5. The Morgan fingerprint density at radius 2 is 1.68 bits per heavy atom. The van der Waals surface area contributed by atoms with Gasteiger partial charge < -0.3 is 5.32 Å². The van der Waals surface area contributed by atoms with Crippen molar-refractivity contribution in [1.29, 1.82) is 0 Å². The van der Waals surface area contributed by atoms with Crippen molar-refractivity contribution in [1.82, 2.24) is 5.43 Å². The molecule has 2 atom stereocenters. The first-order valence-corrected chi connectivity index (χ1v) is 11.8.